The maximum Gasteiger partial charge on any atom is 0.282 e. The van der Waals surface area contributed by atoms with E-state index in [1.807, 2.05) is 30.3 Å². The van der Waals surface area contributed by atoms with Crippen LogP contribution in [0.3, 0.4) is 0 Å². The molecular weight excluding hydrogens is 487 g/mol. The maximum absolute atomic E-state index is 11.5. The third-order valence-corrected chi connectivity index (χ3v) is 8.96. The summed E-state index contributed by atoms with van der Waals surface area (Å²) in [4.78, 5) is 11.8. The molecule has 0 bridgehead atoms. The van der Waals surface area contributed by atoms with E-state index in [4.69, 9.17) is 34.8 Å². The highest BCUT2D eigenvalue weighted by Gasteiger charge is 2.50. The van der Waals surface area contributed by atoms with Crippen LogP contribution in [0.5, 0.6) is 0 Å². The summed E-state index contributed by atoms with van der Waals surface area (Å²) in [5.41, 5.74) is 3.17. The van der Waals surface area contributed by atoms with Crippen molar-refractivity contribution in [1.82, 2.24) is 0 Å². The largest absolute Gasteiger partial charge is 0.376 e. The summed E-state index contributed by atoms with van der Waals surface area (Å²) in [5.74, 6) is 0.219. The molecule has 1 saturated carbocycles. The fraction of sp³-hybridized carbons (Fsp3) is 0.250. The minimum atomic E-state index is -0.337. The van der Waals surface area contributed by atoms with Gasteiger partial charge in [0.05, 0.1) is 31.9 Å². The molecule has 1 heterocycles. The van der Waals surface area contributed by atoms with E-state index in [0.717, 1.165) is 17.7 Å². The van der Waals surface area contributed by atoms with Crippen molar-refractivity contribution in [2.75, 3.05) is 5.32 Å². The third-order valence-electron chi connectivity index (χ3n) is 6.34. The molecular formula is C24H19Cl3N2O2S. The molecule has 164 valence electrons. The zero-order valence-corrected chi connectivity index (χ0v) is 19.8. The minimum absolute atomic E-state index is 0.00415. The summed E-state index contributed by atoms with van der Waals surface area (Å²) in [6, 6.07) is 20.8. The second kappa shape index (κ2) is 8.79. The van der Waals surface area contributed by atoms with Crippen LogP contribution in [0.4, 0.5) is 11.4 Å². The van der Waals surface area contributed by atoms with Crippen molar-refractivity contribution in [3.63, 3.8) is 0 Å². The Morgan fingerprint density at radius 2 is 1.75 bits per heavy atom. The van der Waals surface area contributed by atoms with E-state index in [-0.39, 0.29) is 39.1 Å². The van der Waals surface area contributed by atoms with Gasteiger partial charge in [0.1, 0.15) is 0 Å². The van der Waals surface area contributed by atoms with Gasteiger partial charge in [-0.05, 0) is 41.7 Å². The number of nitro benzene ring substituents is 1. The Balaban J connectivity index is 1.56. The number of fused-ring (bicyclic) bond motifs is 3. The van der Waals surface area contributed by atoms with Crippen LogP contribution < -0.4 is 5.32 Å². The molecule has 32 heavy (non-hydrogen) atoms. The number of nitro groups is 1. The second-order valence-corrected chi connectivity index (χ2v) is 10.8. The van der Waals surface area contributed by atoms with Crippen LogP contribution in [0.2, 0.25) is 10.0 Å². The van der Waals surface area contributed by atoms with Gasteiger partial charge in [-0.25, -0.2) is 0 Å². The van der Waals surface area contributed by atoms with Gasteiger partial charge >= 0.3 is 0 Å². The lowest BCUT2D eigenvalue weighted by molar-refractivity contribution is -0.387. The molecule has 0 aromatic heterocycles. The number of hydrogen-bond acceptors (Lipinski definition) is 4. The lowest BCUT2D eigenvalue weighted by Gasteiger charge is -2.39. The molecule has 8 heteroatoms. The number of halogens is 3. The number of nitrogens with one attached hydrogen (secondary N) is 1. The Morgan fingerprint density at radius 1 is 1.03 bits per heavy atom. The third kappa shape index (κ3) is 3.86. The Bertz CT molecular complexity index is 1180. The normalized spacial score (nSPS) is 26.2. The molecule has 0 spiro atoms. The predicted molar refractivity (Wildman–Crippen MR) is 132 cm³/mol. The zero-order chi connectivity index (χ0) is 22.4. The predicted octanol–water partition coefficient (Wildman–Crippen LogP) is 7.94. The van der Waals surface area contributed by atoms with Crippen molar-refractivity contribution in [2.45, 2.75) is 33.9 Å². The topological polar surface area (TPSA) is 55.2 Å². The molecule has 0 unspecified atom stereocenters. The van der Waals surface area contributed by atoms with Crippen LogP contribution in [0.25, 0.3) is 0 Å². The van der Waals surface area contributed by atoms with E-state index in [2.05, 4.69) is 17.4 Å². The van der Waals surface area contributed by atoms with Crippen LogP contribution >= 0.6 is 46.6 Å². The molecule has 1 aliphatic carbocycles. The molecule has 1 aliphatic heterocycles. The van der Waals surface area contributed by atoms with E-state index >= 15 is 0 Å². The SMILES string of the molecule is O=[N+]([O-])c1ccccc1S[C@@H]1C[C@H]2[C@H](c3cc(Cl)cc(Cl)c3N[C@H]2c2ccccc2)[C@@H]1Cl. The lowest BCUT2D eigenvalue weighted by atomic mass is 9.77. The summed E-state index contributed by atoms with van der Waals surface area (Å²) >= 11 is 21.6. The molecule has 0 radical (unpaired) electrons. The first kappa shape index (κ1) is 21.9. The van der Waals surface area contributed by atoms with Crippen molar-refractivity contribution >= 4 is 57.9 Å². The lowest BCUT2D eigenvalue weighted by Crippen LogP contribution is -2.31. The van der Waals surface area contributed by atoms with Crippen LogP contribution in [-0.2, 0) is 0 Å². The number of thioether (sulfide) groups is 1. The molecule has 1 fully saturated rings. The molecule has 3 aromatic carbocycles. The quantitative estimate of drug-likeness (QED) is 0.222. The number of para-hydroxylation sites is 1. The van der Waals surface area contributed by atoms with Crippen LogP contribution in [0.1, 0.15) is 29.5 Å². The Morgan fingerprint density at radius 3 is 2.50 bits per heavy atom. The summed E-state index contributed by atoms with van der Waals surface area (Å²) in [7, 11) is 0. The molecule has 5 rings (SSSR count). The summed E-state index contributed by atoms with van der Waals surface area (Å²) in [6.45, 7) is 0. The molecule has 0 amide bonds. The number of anilines is 1. The summed E-state index contributed by atoms with van der Waals surface area (Å²) < 4.78 is 0. The van der Waals surface area contributed by atoms with Crippen LogP contribution in [-0.4, -0.2) is 15.6 Å². The molecule has 1 N–H and O–H groups in total. The van der Waals surface area contributed by atoms with Gasteiger partial charge in [-0.1, -0.05) is 65.7 Å². The Kier molecular flexibility index (Phi) is 6.01. The monoisotopic (exact) mass is 504 g/mol. The number of rotatable bonds is 4. The van der Waals surface area contributed by atoms with E-state index in [1.165, 1.54) is 23.4 Å². The maximum atomic E-state index is 11.5. The van der Waals surface area contributed by atoms with Crippen molar-refractivity contribution in [1.29, 1.82) is 0 Å². The number of nitrogens with zero attached hydrogens (tertiary/aromatic N) is 1. The standard InChI is InChI=1S/C24H19Cl3N2O2S/c25-14-10-15-21-16(23(13-6-2-1-3-7-13)28-24(15)17(26)11-14)12-20(22(21)27)32-19-9-5-4-8-18(19)29(30)31/h1-11,16,20-23,28H,12H2/t16-,20+,21-,22+,23-/m0/s1. The highest BCUT2D eigenvalue weighted by molar-refractivity contribution is 8.00. The Labute approximate surface area is 205 Å². The highest BCUT2D eigenvalue weighted by Crippen LogP contribution is 2.59. The average molecular weight is 506 g/mol. The molecule has 2 aliphatic rings. The first-order valence-electron chi connectivity index (χ1n) is 10.3. The highest BCUT2D eigenvalue weighted by atomic mass is 35.5. The summed E-state index contributed by atoms with van der Waals surface area (Å²) in [5, 5.41) is 16.1. The van der Waals surface area contributed by atoms with E-state index in [0.29, 0.717) is 14.9 Å². The summed E-state index contributed by atoms with van der Waals surface area (Å²) in [6.07, 6.45) is 0.811. The van der Waals surface area contributed by atoms with Gasteiger partial charge in [0, 0.05) is 22.3 Å². The zero-order valence-electron chi connectivity index (χ0n) is 16.8. The smallest absolute Gasteiger partial charge is 0.282 e. The molecule has 5 atom stereocenters. The minimum Gasteiger partial charge on any atom is -0.376 e. The van der Waals surface area contributed by atoms with E-state index < -0.39 is 0 Å². The van der Waals surface area contributed by atoms with Gasteiger partial charge in [-0.3, -0.25) is 10.1 Å². The second-order valence-electron chi connectivity index (χ2n) is 8.14. The van der Waals surface area contributed by atoms with Gasteiger partial charge in [0.15, 0.2) is 0 Å². The average Bonchev–Trinajstić information content (AvgIpc) is 3.10. The fourth-order valence-electron chi connectivity index (χ4n) is 5.00. The van der Waals surface area contributed by atoms with Gasteiger partial charge in [-0.15, -0.1) is 23.4 Å². The van der Waals surface area contributed by atoms with Crippen LogP contribution in [0.15, 0.2) is 71.6 Å². The molecule has 4 nitrogen and oxygen atoms in total. The number of hydrogen-bond donors (Lipinski definition) is 1. The fourth-order valence-corrected chi connectivity index (χ4v) is 7.51. The van der Waals surface area contributed by atoms with Crippen molar-refractivity contribution in [3.05, 3.63) is 98.0 Å². The van der Waals surface area contributed by atoms with Gasteiger partial charge in [0.25, 0.3) is 5.69 Å². The van der Waals surface area contributed by atoms with Crippen molar-refractivity contribution < 1.29 is 4.92 Å². The van der Waals surface area contributed by atoms with Crippen molar-refractivity contribution in [3.8, 4) is 0 Å². The number of benzene rings is 3. The van der Waals surface area contributed by atoms with Crippen molar-refractivity contribution in [2.24, 2.45) is 5.92 Å². The van der Waals surface area contributed by atoms with E-state index in [1.54, 1.807) is 18.2 Å². The molecule has 0 saturated heterocycles. The van der Waals surface area contributed by atoms with Gasteiger partial charge < -0.3 is 5.32 Å². The van der Waals surface area contributed by atoms with Gasteiger partial charge in [0.2, 0.25) is 0 Å². The first-order valence-corrected chi connectivity index (χ1v) is 12.4. The Hall–Kier alpha value is -1.92. The number of alkyl halides is 1. The first-order chi connectivity index (χ1) is 15.4. The van der Waals surface area contributed by atoms with Gasteiger partial charge in [-0.2, -0.15) is 0 Å². The molecule has 3 aromatic rings. The van der Waals surface area contributed by atoms with Crippen LogP contribution in [0, 0.1) is 16.0 Å². The van der Waals surface area contributed by atoms with E-state index in [9.17, 15) is 10.1 Å².